The number of nitrogens with one attached hydrogen (secondary N) is 2. The molecule has 27 heavy (non-hydrogen) atoms. The number of amides is 1. The minimum atomic E-state index is -0.160. The van der Waals surface area contributed by atoms with Crippen LogP contribution in [0.4, 0.5) is 5.69 Å². The quantitative estimate of drug-likeness (QED) is 0.408. The summed E-state index contributed by atoms with van der Waals surface area (Å²) in [6.07, 6.45) is 4.89. The van der Waals surface area contributed by atoms with Gasteiger partial charge < -0.3 is 5.32 Å². The Labute approximate surface area is 159 Å². The number of aromatic nitrogens is 5. The smallest absolute Gasteiger partial charge is 0.255 e. The van der Waals surface area contributed by atoms with Crippen molar-refractivity contribution in [2.24, 2.45) is 0 Å². The third-order valence-corrected chi connectivity index (χ3v) is 5.02. The van der Waals surface area contributed by atoms with E-state index in [-0.39, 0.29) is 5.91 Å². The number of hydrogen-bond donors (Lipinski definition) is 2. The molecule has 0 atom stereocenters. The Morgan fingerprint density at radius 3 is 2.93 bits per heavy atom. The second kappa shape index (κ2) is 7.55. The standard InChI is InChI=1S/C19H16N6OS/c1-12-5-6-15(8-20-12)24-18(26)14-4-2-3-13(7-14)10-27-19-16-9-23-25-17(16)21-11-22-19/h2-9,11H,10H2,1H3,(H,24,26)(H,21,22,23,25). The molecular formula is C19H16N6OS. The molecule has 0 unspecified atom stereocenters. The van der Waals surface area contributed by atoms with Crippen molar-refractivity contribution in [1.82, 2.24) is 25.1 Å². The van der Waals surface area contributed by atoms with Gasteiger partial charge in [0.25, 0.3) is 5.91 Å². The lowest BCUT2D eigenvalue weighted by Crippen LogP contribution is -2.12. The van der Waals surface area contributed by atoms with Crippen LogP contribution in [0.3, 0.4) is 0 Å². The van der Waals surface area contributed by atoms with E-state index in [4.69, 9.17) is 0 Å². The summed E-state index contributed by atoms with van der Waals surface area (Å²) in [5.41, 5.74) is 3.93. The van der Waals surface area contributed by atoms with Gasteiger partial charge in [0.2, 0.25) is 0 Å². The average Bonchev–Trinajstić information content (AvgIpc) is 3.18. The first kappa shape index (κ1) is 17.2. The van der Waals surface area contributed by atoms with Crippen LogP contribution in [-0.2, 0) is 5.75 Å². The summed E-state index contributed by atoms with van der Waals surface area (Å²) < 4.78 is 0. The number of thioether (sulfide) groups is 1. The molecule has 1 aromatic carbocycles. The number of benzene rings is 1. The first-order valence-electron chi connectivity index (χ1n) is 8.29. The third kappa shape index (κ3) is 3.95. The van der Waals surface area contributed by atoms with Crippen LogP contribution in [0.25, 0.3) is 11.0 Å². The Morgan fingerprint density at radius 1 is 1.15 bits per heavy atom. The molecule has 3 aromatic heterocycles. The zero-order chi connectivity index (χ0) is 18.6. The molecule has 0 spiro atoms. The second-order valence-electron chi connectivity index (χ2n) is 5.94. The van der Waals surface area contributed by atoms with Gasteiger partial charge in [-0.05, 0) is 36.8 Å². The zero-order valence-electron chi connectivity index (χ0n) is 14.5. The number of pyridine rings is 1. The number of anilines is 1. The van der Waals surface area contributed by atoms with E-state index >= 15 is 0 Å². The predicted molar refractivity (Wildman–Crippen MR) is 105 cm³/mol. The number of fused-ring (bicyclic) bond motifs is 1. The van der Waals surface area contributed by atoms with E-state index in [1.807, 2.05) is 37.3 Å². The van der Waals surface area contributed by atoms with Gasteiger partial charge >= 0.3 is 0 Å². The molecule has 0 radical (unpaired) electrons. The van der Waals surface area contributed by atoms with Crippen molar-refractivity contribution >= 4 is 34.4 Å². The van der Waals surface area contributed by atoms with Crippen molar-refractivity contribution in [3.05, 3.63) is 71.9 Å². The highest BCUT2D eigenvalue weighted by Crippen LogP contribution is 2.26. The van der Waals surface area contributed by atoms with Gasteiger partial charge in [0, 0.05) is 17.0 Å². The molecule has 0 saturated carbocycles. The molecule has 0 bridgehead atoms. The normalized spacial score (nSPS) is 10.9. The van der Waals surface area contributed by atoms with Crippen LogP contribution in [0.2, 0.25) is 0 Å². The van der Waals surface area contributed by atoms with Gasteiger partial charge in [0.15, 0.2) is 5.65 Å². The molecule has 3 heterocycles. The van der Waals surface area contributed by atoms with Crippen LogP contribution < -0.4 is 5.32 Å². The van der Waals surface area contributed by atoms with Crippen molar-refractivity contribution in [3.8, 4) is 0 Å². The fourth-order valence-electron chi connectivity index (χ4n) is 2.56. The Bertz CT molecular complexity index is 1090. The van der Waals surface area contributed by atoms with Crippen molar-refractivity contribution in [2.75, 3.05) is 5.32 Å². The van der Waals surface area contributed by atoms with Crippen LogP contribution in [0.15, 0.2) is 60.1 Å². The molecular weight excluding hydrogens is 360 g/mol. The lowest BCUT2D eigenvalue weighted by molar-refractivity contribution is 0.102. The number of carbonyl (C=O) groups excluding carboxylic acids is 1. The van der Waals surface area contributed by atoms with Crippen molar-refractivity contribution in [1.29, 1.82) is 0 Å². The van der Waals surface area contributed by atoms with Crippen LogP contribution in [0, 0.1) is 6.92 Å². The SMILES string of the molecule is Cc1ccc(NC(=O)c2cccc(CSc3ncnc4[nH]ncc34)c2)cn1. The number of nitrogens with zero attached hydrogens (tertiary/aromatic N) is 4. The summed E-state index contributed by atoms with van der Waals surface area (Å²) in [4.78, 5) is 25.1. The molecule has 4 rings (SSSR count). The monoisotopic (exact) mass is 376 g/mol. The average molecular weight is 376 g/mol. The largest absolute Gasteiger partial charge is 0.321 e. The molecule has 0 fully saturated rings. The van der Waals surface area contributed by atoms with Gasteiger partial charge in [-0.2, -0.15) is 5.10 Å². The maximum atomic E-state index is 12.5. The summed E-state index contributed by atoms with van der Waals surface area (Å²) >= 11 is 1.58. The summed E-state index contributed by atoms with van der Waals surface area (Å²) in [6, 6.07) is 11.3. The van der Waals surface area contributed by atoms with Crippen LogP contribution in [-0.4, -0.2) is 31.1 Å². The van der Waals surface area contributed by atoms with Gasteiger partial charge in [-0.15, -0.1) is 11.8 Å². The van der Waals surface area contributed by atoms with Crippen molar-refractivity contribution in [3.63, 3.8) is 0 Å². The number of carbonyl (C=O) groups is 1. The van der Waals surface area contributed by atoms with Crippen LogP contribution in [0.1, 0.15) is 21.6 Å². The molecule has 2 N–H and O–H groups in total. The summed E-state index contributed by atoms with van der Waals surface area (Å²) in [7, 11) is 0. The molecule has 0 aliphatic rings. The zero-order valence-corrected chi connectivity index (χ0v) is 15.3. The number of aryl methyl sites for hydroxylation is 1. The lowest BCUT2D eigenvalue weighted by Gasteiger charge is -2.07. The molecule has 134 valence electrons. The van der Waals surface area contributed by atoms with E-state index in [1.54, 1.807) is 30.2 Å². The maximum Gasteiger partial charge on any atom is 0.255 e. The number of H-pyrrole nitrogens is 1. The minimum Gasteiger partial charge on any atom is -0.321 e. The molecule has 0 saturated heterocycles. The number of rotatable bonds is 5. The molecule has 4 aromatic rings. The lowest BCUT2D eigenvalue weighted by atomic mass is 10.1. The van der Waals surface area contributed by atoms with E-state index < -0.39 is 0 Å². The predicted octanol–water partition coefficient (Wildman–Crippen LogP) is 3.60. The maximum absolute atomic E-state index is 12.5. The number of aromatic amines is 1. The van der Waals surface area contributed by atoms with Gasteiger partial charge in [0.05, 0.1) is 23.5 Å². The van der Waals surface area contributed by atoms with Crippen molar-refractivity contribution < 1.29 is 4.79 Å². The highest BCUT2D eigenvalue weighted by Gasteiger charge is 2.09. The Morgan fingerprint density at radius 2 is 2.07 bits per heavy atom. The molecule has 7 nitrogen and oxygen atoms in total. The fourth-order valence-corrected chi connectivity index (χ4v) is 3.47. The molecule has 8 heteroatoms. The number of hydrogen-bond acceptors (Lipinski definition) is 6. The van der Waals surface area contributed by atoms with Gasteiger partial charge in [-0.1, -0.05) is 12.1 Å². The highest BCUT2D eigenvalue weighted by atomic mass is 32.2. The van der Waals surface area contributed by atoms with Crippen LogP contribution >= 0.6 is 11.8 Å². The summed E-state index contributed by atoms with van der Waals surface area (Å²) in [5, 5.41) is 11.5. The fraction of sp³-hybridized carbons (Fsp3) is 0.105. The molecule has 0 aliphatic carbocycles. The van der Waals surface area contributed by atoms with E-state index in [9.17, 15) is 4.79 Å². The topological polar surface area (TPSA) is 96.5 Å². The van der Waals surface area contributed by atoms with Crippen molar-refractivity contribution in [2.45, 2.75) is 17.7 Å². The van der Waals surface area contributed by atoms with E-state index in [0.29, 0.717) is 22.7 Å². The first-order chi connectivity index (χ1) is 13.2. The van der Waals surface area contributed by atoms with E-state index in [0.717, 1.165) is 21.7 Å². The second-order valence-corrected chi connectivity index (χ2v) is 6.91. The Balaban J connectivity index is 1.46. The summed E-state index contributed by atoms with van der Waals surface area (Å²) in [6.45, 7) is 1.90. The van der Waals surface area contributed by atoms with Gasteiger partial charge in [-0.25, -0.2) is 9.97 Å². The highest BCUT2D eigenvalue weighted by molar-refractivity contribution is 7.98. The Hall–Kier alpha value is -3.26. The van der Waals surface area contributed by atoms with E-state index in [1.165, 1.54) is 6.33 Å². The molecule has 1 amide bonds. The van der Waals surface area contributed by atoms with E-state index in [2.05, 4.69) is 30.5 Å². The van der Waals surface area contributed by atoms with Gasteiger partial charge in [-0.3, -0.25) is 14.9 Å². The summed E-state index contributed by atoms with van der Waals surface area (Å²) in [5.74, 6) is 0.525. The Kier molecular flexibility index (Phi) is 4.80. The van der Waals surface area contributed by atoms with Crippen LogP contribution in [0.5, 0.6) is 0 Å². The third-order valence-electron chi connectivity index (χ3n) is 3.95. The first-order valence-corrected chi connectivity index (χ1v) is 9.27. The molecule has 0 aliphatic heterocycles. The minimum absolute atomic E-state index is 0.160. The van der Waals surface area contributed by atoms with Gasteiger partial charge in [0.1, 0.15) is 11.4 Å².